The van der Waals surface area contributed by atoms with Crippen molar-refractivity contribution in [1.29, 1.82) is 0 Å². The van der Waals surface area contributed by atoms with Gasteiger partial charge in [0.25, 0.3) is 0 Å². The van der Waals surface area contributed by atoms with Gasteiger partial charge in [0.2, 0.25) is 0 Å². The van der Waals surface area contributed by atoms with Crippen LogP contribution in [0.25, 0.3) is 33.0 Å². The number of hydrogen-bond donors (Lipinski definition) is 0. The number of hydrogen-bond acceptors (Lipinski definition) is 2. The van der Waals surface area contributed by atoms with E-state index >= 15 is 0 Å². The van der Waals surface area contributed by atoms with Gasteiger partial charge in [-0.1, -0.05) is 137 Å². The average Bonchev–Trinajstić information content (AvgIpc) is 3.27. The molecule has 1 aliphatic heterocycles. The Kier molecular flexibility index (Phi) is 7.98. The second kappa shape index (κ2) is 13.2. The average molecular weight is 782 g/mol. The fourth-order valence-corrected chi connectivity index (χ4v) is 13.4. The van der Waals surface area contributed by atoms with Crippen molar-refractivity contribution in [2.24, 2.45) is 23.7 Å². The molecule has 5 aliphatic carbocycles. The number of anilines is 3. The molecule has 4 fully saturated rings. The molecule has 0 atom stereocenters. The number of nitrogens with zero attached hydrogens (tertiary/aromatic N) is 1. The lowest BCUT2D eigenvalue weighted by Gasteiger charge is -2.63. The van der Waals surface area contributed by atoms with E-state index in [1.54, 1.807) is 0 Å². The summed E-state index contributed by atoms with van der Waals surface area (Å²) in [6.45, 7) is 9.72. The van der Waals surface area contributed by atoms with Crippen molar-refractivity contribution in [3.05, 3.63) is 174 Å². The van der Waals surface area contributed by atoms with Crippen molar-refractivity contribution < 1.29 is 4.74 Å². The fraction of sp³-hybridized carbons (Fsp3) is 0.310. The van der Waals surface area contributed by atoms with E-state index in [0.717, 1.165) is 29.0 Å². The van der Waals surface area contributed by atoms with Crippen LogP contribution < -0.4 is 9.64 Å². The van der Waals surface area contributed by atoms with E-state index < -0.39 is 0 Å². The van der Waals surface area contributed by atoms with Crippen molar-refractivity contribution in [2.45, 2.75) is 88.9 Å². The van der Waals surface area contributed by atoms with Crippen molar-refractivity contribution in [3.63, 3.8) is 0 Å². The van der Waals surface area contributed by atoms with Gasteiger partial charge in [0, 0.05) is 33.5 Å². The van der Waals surface area contributed by atoms with Crippen LogP contribution in [0.1, 0.15) is 94.9 Å². The van der Waals surface area contributed by atoms with Crippen molar-refractivity contribution in [1.82, 2.24) is 0 Å². The van der Waals surface area contributed by atoms with Gasteiger partial charge in [0.1, 0.15) is 11.5 Å². The summed E-state index contributed by atoms with van der Waals surface area (Å²) in [5.41, 5.74) is 14.6. The molecule has 2 nitrogen and oxygen atoms in total. The van der Waals surface area contributed by atoms with E-state index in [2.05, 4.69) is 184 Å². The summed E-state index contributed by atoms with van der Waals surface area (Å²) in [6, 6.07) is 57.4. The Hall–Kier alpha value is -5.60. The Morgan fingerprint density at radius 3 is 1.88 bits per heavy atom. The third-order valence-electron chi connectivity index (χ3n) is 16.2. The second-order valence-electron chi connectivity index (χ2n) is 20.4. The molecule has 0 unspecified atom stereocenters. The van der Waals surface area contributed by atoms with Crippen molar-refractivity contribution in [3.8, 4) is 33.8 Å². The molecule has 4 bridgehead atoms. The van der Waals surface area contributed by atoms with Gasteiger partial charge >= 0.3 is 0 Å². The molecule has 298 valence electrons. The molecular formula is C58H55NO. The first-order valence-corrected chi connectivity index (χ1v) is 22.7. The third kappa shape index (κ3) is 5.38. The van der Waals surface area contributed by atoms with Crippen LogP contribution in [0, 0.1) is 23.7 Å². The first-order chi connectivity index (χ1) is 29.2. The minimum atomic E-state index is -0.0338. The maximum absolute atomic E-state index is 6.92. The number of rotatable bonds is 5. The third-order valence-corrected chi connectivity index (χ3v) is 16.2. The summed E-state index contributed by atoms with van der Waals surface area (Å²) in [5, 5.41) is 2.55. The zero-order valence-corrected chi connectivity index (χ0v) is 35.5. The molecule has 0 amide bonds. The summed E-state index contributed by atoms with van der Waals surface area (Å²) < 4.78 is 6.92. The molecule has 7 aromatic rings. The zero-order valence-electron chi connectivity index (χ0n) is 35.5. The molecule has 6 aliphatic rings. The van der Waals surface area contributed by atoms with Crippen LogP contribution in [0.2, 0.25) is 0 Å². The monoisotopic (exact) mass is 781 g/mol. The largest absolute Gasteiger partial charge is 0.457 e. The maximum atomic E-state index is 6.92. The summed E-state index contributed by atoms with van der Waals surface area (Å²) in [6.07, 6.45) is 9.17. The zero-order chi connectivity index (χ0) is 40.4. The van der Waals surface area contributed by atoms with Crippen molar-refractivity contribution in [2.75, 3.05) is 4.90 Å². The van der Waals surface area contributed by atoms with Gasteiger partial charge in [-0.05, 0) is 161 Å². The summed E-state index contributed by atoms with van der Waals surface area (Å²) in [7, 11) is 0. The highest BCUT2D eigenvalue weighted by Crippen LogP contribution is 2.69. The molecule has 0 N–H and O–H groups in total. The highest BCUT2D eigenvalue weighted by Gasteiger charge is 2.61. The molecule has 13 rings (SSSR count). The minimum absolute atomic E-state index is 0.0338. The van der Waals surface area contributed by atoms with Crippen LogP contribution in [0.5, 0.6) is 11.5 Å². The van der Waals surface area contributed by atoms with Gasteiger partial charge in [-0.15, -0.1) is 0 Å². The molecule has 0 aromatic heterocycles. The molecule has 0 saturated heterocycles. The maximum Gasteiger partial charge on any atom is 0.131 e. The lowest BCUT2D eigenvalue weighted by Crippen LogP contribution is -2.57. The van der Waals surface area contributed by atoms with Gasteiger partial charge in [-0.2, -0.15) is 0 Å². The predicted molar refractivity (Wildman–Crippen MR) is 249 cm³/mol. The normalized spacial score (nSPS) is 25.0. The van der Waals surface area contributed by atoms with Crippen molar-refractivity contribution >= 4 is 27.8 Å². The summed E-state index contributed by atoms with van der Waals surface area (Å²) in [5.74, 6) is 5.12. The first kappa shape index (κ1) is 36.3. The van der Waals surface area contributed by atoms with Crippen LogP contribution in [-0.2, 0) is 16.2 Å². The number of fused-ring (bicyclic) bond motifs is 4. The van der Waals surface area contributed by atoms with E-state index in [0.29, 0.717) is 11.8 Å². The molecule has 1 heterocycles. The van der Waals surface area contributed by atoms with Gasteiger partial charge in [0.05, 0.1) is 5.69 Å². The highest BCUT2D eigenvalue weighted by molar-refractivity contribution is 5.97. The van der Waals surface area contributed by atoms with Crippen LogP contribution in [-0.4, -0.2) is 0 Å². The number of para-hydroxylation sites is 2. The Balaban J connectivity index is 1.05. The summed E-state index contributed by atoms with van der Waals surface area (Å²) in [4.78, 5) is 2.54. The lowest BCUT2D eigenvalue weighted by molar-refractivity contribution is -0.0452. The van der Waals surface area contributed by atoms with Gasteiger partial charge in [0.15, 0.2) is 0 Å². The van der Waals surface area contributed by atoms with E-state index in [4.69, 9.17) is 4.74 Å². The van der Waals surface area contributed by atoms with E-state index in [1.807, 2.05) is 0 Å². The van der Waals surface area contributed by atoms with Gasteiger partial charge < -0.3 is 9.64 Å². The second-order valence-corrected chi connectivity index (χ2v) is 20.4. The molecule has 7 aromatic carbocycles. The Labute approximate surface area is 356 Å². The van der Waals surface area contributed by atoms with E-state index in [9.17, 15) is 0 Å². The molecule has 2 heteroatoms. The Morgan fingerprint density at radius 2 is 1.08 bits per heavy atom. The van der Waals surface area contributed by atoms with Crippen LogP contribution in [0.4, 0.5) is 17.1 Å². The van der Waals surface area contributed by atoms with E-state index in [1.165, 1.54) is 112 Å². The van der Waals surface area contributed by atoms with Gasteiger partial charge in [-0.3, -0.25) is 0 Å². The van der Waals surface area contributed by atoms with E-state index in [-0.39, 0.29) is 16.2 Å². The van der Waals surface area contributed by atoms with Crippen LogP contribution >= 0.6 is 0 Å². The van der Waals surface area contributed by atoms with Crippen LogP contribution in [0.15, 0.2) is 152 Å². The standard InChI is InChI=1S/C58H55NO/c1-56(2)28-29-57(3,4)51-35-41(22-26-49(51)56)48-15-7-9-18-53(48)59(44-23-20-40(21-24-44)47-16-11-13-39-12-5-6-14-46(39)47)45-25-27-55-52(36-45)58(50-17-8-10-19-54(50)60-55)42-31-37-30-38(33-42)34-43(58)32-37/h5-27,35-38,42-43H,28-34H2,1-4H3. The number of ether oxygens (including phenoxy) is 1. The number of benzene rings is 7. The topological polar surface area (TPSA) is 12.5 Å². The fourth-order valence-electron chi connectivity index (χ4n) is 13.4. The molecule has 0 radical (unpaired) electrons. The smallest absolute Gasteiger partial charge is 0.131 e. The Bertz CT molecular complexity index is 2790. The highest BCUT2D eigenvalue weighted by atomic mass is 16.5. The lowest BCUT2D eigenvalue weighted by atomic mass is 9.42. The SMILES string of the molecule is CC1(C)CCC(C)(C)c2cc(-c3ccccc3N(c3ccc(-c4cccc5ccccc45)cc3)c3ccc4c(c3)C3(c5ccccc5O4)C4CC5CC(C4)CC3C5)ccc21. The molecule has 60 heavy (non-hydrogen) atoms. The Morgan fingerprint density at radius 1 is 0.467 bits per heavy atom. The quantitative estimate of drug-likeness (QED) is 0.172. The molecular weight excluding hydrogens is 727 g/mol. The van der Waals surface area contributed by atoms with Crippen LogP contribution in [0.3, 0.4) is 0 Å². The first-order valence-electron chi connectivity index (χ1n) is 22.7. The van der Waals surface area contributed by atoms with Gasteiger partial charge in [-0.25, -0.2) is 0 Å². The molecule has 1 spiro atoms. The minimum Gasteiger partial charge on any atom is -0.457 e. The predicted octanol–water partition coefficient (Wildman–Crippen LogP) is 15.8. The summed E-state index contributed by atoms with van der Waals surface area (Å²) >= 11 is 0. The molecule has 4 saturated carbocycles.